The fourth-order valence-corrected chi connectivity index (χ4v) is 2.76. The van der Waals surface area contributed by atoms with Gasteiger partial charge >= 0.3 is 0 Å². The minimum atomic E-state index is 0.695. The Morgan fingerprint density at radius 2 is 2.00 bits per heavy atom. The minimum Gasteiger partial charge on any atom is -0.314 e. The highest BCUT2D eigenvalue weighted by molar-refractivity contribution is 4.80. The average molecular weight is 212 g/mol. The first-order valence-corrected chi connectivity index (χ1v) is 6.53. The van der Waals surface area contributed by atoms with Gasteiger partial charge in [0.2, 0.25) is 0 Å². The van der Waals surface area contributed by atoms with Crippen LogP contribution in [0.25, 0.3) is 0 Å². The molecule has 0 amide bonds. The van der Waals surface area contributed by atoms with Gasteiger partial charge in [-0.3, -0.25) is 4.84 Å². The van der Waals surface area contributed by atoms with Crippen molar-refractivity contribution in [2.45, 2.75) is 57.5 Å². The highest BCUT2D eigenvalue weighted by atomic mass is 16.7. The highest BCUT2D eigenvalue weighted by Crippen LogP contribution is 2.25. The molecular formula is C12H24N2O. The lowest BCUT2D eigenvalue weighted by molar-refractivity contribution is -0.211. The predicted molar refractivity (Wildman–Crippen MR) is 61.6 cm³/mol. The Balaban J connectivity index is 1.72. The first-order valence-electron chi connectivity index (χ1n) is 6.53. The van der Waals surface area contributed by atoms with Crippen molar-refractivity contribution >= 4 is 0 Å². The Morgan fingerprint density at radius 3 is 2.60 bits per heavy atom. The van der Waals surface area contributed by atoms with E-state index in [4.69, 9.17) is 4.84 Å². The van der Waals surface area contributed by atoms with Gasteiger partial charge in [-0.25, -0.2) is 0 Å². The van der Waals surface area contributed by atoms with Crippen molar-refractivity contribution in [1.29, 1.82) is 0 Å². The van der Waals surface area contributed by atoms with Gasteiger partial charge in [-0.05, 0) is 45.1 Å². The molecule has 2 rings (SSSR count). The molecule has 0 atom stereocenters. The highest BCUT2D eigenvalue weighted by Gasteiger charge is 2.26. The quantitative estimate of drug-likeness (QED) is 0.773. The van der Waals surface area contributed by atoms with Crippen LogP contribution in [0.2, 0.25) is 0 Å². The van der Waals surface area contributed by atoms with E-state index in [0.717, 1.165) is 25.7 Å². The summed E-state index contributed by atoms with van der Waals surface area (Å²) in [5.41, 5.74) is 0. The lowest BCUT2D eigenvalue weighted by atomic mass is 9.90. The number of hydrogen-bond donors (Lipinski definition) is 1. The van der Waals surface area contributed by atoms with Gasteiger partial charge in [0.1, 0.15) is 0 Å². The van der Waals surface area contributed by atoms with Crippen LogP contribution >= 0.6 is 0 Å². The van der Waals surface area contributed by atoms with Crippen molar-refractivity contribution in [2.24, 2.45) is 0 Å². The lowest BCUT2D eigenvalue weighted by Crippen LogP contribution is -2.44. The fraction of sp³-hybridized carbons (Fsp3) is 1.00. The van der Waals surface area contributed by atoms with Gasteiger partial charge in [0, 0.05) is 18.6 Å². The summed E-state index contributed by atoms with van der Waals surface area (Å²) in [4.78, 5) is 5.73. The maximum Gasteiger partial charge on any atom is 0.0685 e. The zero-order valence-corrected chi connectivity index (χ0v) is 9.87. The monoisotopic (exact) mass is 212 g/mol. The van der Waals surface area contributed by atoms with E-state index in [1.807, 2.05) is 0 Å². The first kappa shape index (κ1) is 11.4. The molecular weight excluding hydrogens is 188 g/mol. The summed E-state index contributed by atoms with van der Waals surface area (Å²) in [6.45, 7) is 5.39. The van der Waals surface area contributed by atoms with Gasteiger partial charge in [-0.15, -0.1) is 0 Å². The lowest BCUT2D eigenvalue weighted by Gasteiger charge is -2.38. The topological polar surface area (TPSA) is 24.5 Å². The summed E-state index contributed by atoms with van der Waals surface area (Å²) in [6.07, 6.45) is 7.79. The molecule has 2 aliphatic rings. The zero-order valence-electron chi connectivity index (χ0n) is 9.87. The second-order valence-electron chi connectivity index (χ2n) is 4.74. The second kappa shape index (κ2) is 5.83. The van der Waals surface area contributed by atoms with Crippen LogP contribution in [0.4, 0.5) is 0 Å². The van der Waals surface area contributed by atoms with E-state index >= 15 is 0 Å². The second-order valence-corrected chi connectivity index (χ2v) is 4.74. The number of rotatable bonds is 3. The summed E-state index contributed by atoms with van der Waals surface area (Å²) in [5, 5.41) is 5.80. The van der Waals surface area contributed by atoms with Crippen molar-refractivity contribution in [3.8, 4) is 0 Å². The van der Waals surface area contributed by atoms with Crippen molar-refractivity contribution in [1.82, 2.24) is 10.4 Å². The molecule has 15 heavy (non-hydrogen) atoms. The van der Waals surface area contributed by atoms with Crippen molar-refractivity contribution < 1.29 is 4.84 Å². The number of hydroxylamine groups is 2. The molecule has 0 radical (unpaired) electrons. The van der Waals surface area contributed by atoms with Crippen LogP contribution in [0.3, 0.4) is 0 Å². The molecule has 0 aromatic heterocycles. The molecule has 1 aliphatic heterocycles. The molecule has 0 unspecified atom stereocenters. The van der Waals surface area contributed by atoms with E-state index < -0.39 is 0 Å². The molecule has 0 aromatic carbocycles. The van der Waals surface area contributed by atoms with E-state index in [2.05, 4.69) is 17.3 Å². The molecule has 0 spiro atoms. The third-order valence-corrected chi connectivity index (χ3v) is 3.63. The first-order chi connectivity index (χ1) is 7.40. The van der Waals surface area contributed by atoms with Crippen molar-refractivity contribution in [2.75, 3.05) is 19.7 Å². The maximum absolute atomic E-state index is 5.73. The summed E-state index contributed by atoms with van der Waals surface area (Å²) in [7, 11) is 0. The van der Waals surface area contributed by atoms with Crippen LogP contribution < -0.4 is 5.32 Å². The van der Waals surface area contributed by atoms with Crippen LogP contribution in [0, 0.1) is 0 Å². The molecule has 0 aromatic rings. The molecule has 1 N–H and O–H groups in total. The van der Waals surface area contributed by atoms with Gasteiger partial charge in [0.05, 0.1) is 6.61 Å². The van der Waals surface area contributed by atoms with Gasteiger partial charge in [-0.1, -0.05) is 6.92 Å². The fourth-order valence-electron chi connectivity index (χ4n) is 2.76. The van der Waals surface area contributed by atoms with E-state index in [9.17, 15) is 0 Å². The van der Waals surface area contributed by atoms with Crippen LogP contribution in [-0.4, -0.2) is 36.8 Å². The number of nitrogens with one attached hydrogen (secondary N) is 1. The summed E-state index contributed by atoms with van der Waals surface area (Å²) in [6, 6.07) is 1.45. The molecule has 2 fully saturated rings. The van der Waals surface area contributed by atoms with E-state index in [0.29, 0.717) is 6.04 Å². The Bertz CT molecular complexity index is 172. The summed E-state index contributed by atoms with van der Waals surface area (Å²) < 4.78 is 0. The third-order valence-electron chi connectivity index (χ3n) is 3.63. The predicted octanol–water partition coefficient (Wildman–Crippen LogP) is 1.93. The van der Waals surface area contributed by atoms with Gasteiger partial charge < -0.3 is 5.32 Å². The Labute approximate surface area is 93.1 Å². The zero-order chi connectivity index (χ0) is 10.5. The standard InChI is InChI=1S/C12H24N2O/c1-2-13-11-5-7-12(8-6-11)14-9-3-4-10-15-14/h11-13H,2-10H2,1H3. The summed E-state index contributed by atoms with van der Waals surface area (Å²) >= 11 is 0. The average Bonchev–Trinajstić information content (AvgIpc) is 2.32. The maximum atomic E-state index is 5.73. The smallest absolute Gasteiger partial charge is 0.0685 e. The van der Waals surface area contributed by atoms with E-state index in [1.54, 1.807) is 0 Å². The van der Waals surface area contributed by atoms with Crippen LogP contribution in [0.5, 0.6) is 0 Å². The molecule has 1 saturated carbocycles. The molecule has 1 aliphatic carbocycles. The van der Waals surface area contributed by atoms with Crippen LogP contribution in [0.15, 0.2) is 0 Å². The Hall–Kier alpha value is -0.120. The Morgan fingerprint density at radius 1 is 1.20 bits per heavy atom. The largest absolute Gasteiger partial charge is 0.314 e. The van der Waals surface area contributed by atoms with Gasteiger partial charge in [-0.2, -0.15) is 5.06 Å². The number of nitrogens with zero attached hydrogens (tertiary/aromatic N) is 1. The van der Waals surface area contributed by atoms with Gasteiger partial charge in [0.25, 0.3) is 0 Å². The van der Waals surface area contributed by atoms with E-state index in [1.165, 1.54) is 38.5 Å². The van der Waals surface area contributed by atoms with Crippen molar-refractivity contribution in [3.05, 3.63) is 0 Å². The molecule has 88 valence electrons. The normalized spacial score (nSPS) is 34.2. The van der Waals surface area contributed by atoms with E-state index in [-0.39, 0.29) is 0 Å². The van der Waals surface area contributed by atoms with Gasteiger partial charge in [0.15, 0.2) is 0 Å². The molecule has 3 nitrogen and oxygen atoms in total. The number of hydrogen-bond acceptors (Lipinski definition) is 3. The molecule has 0 bridgehead atoms. The van der Waals surface area contributed by atoms with Crippen LogP contribution in [-0.2, 0) is 4.84 Å². The summed E-state index contributed by atoms with van der Waals surface area (Å²) in [5.74, 6) is 0. The molecule has 1 heterocycles. The van der Waals surface area contributed by atoms with Crippen LogP contribution in [0.1, 0.15) is 45.4 Å². The minimum absolute atomic E-state index is 0.695. The molecule has 1 saturated heterocycles. The Kier molecular flexibility index (Phi) is 4.42. The third kappa shape index (κ3) is 3.16. The molecule has 3 heteroatoms. The SMILES string of the molecule is CCNC1CCC(N2CCCCO2)CC1. The van der Waals surface area contributed by atoms with Crippen molar-refractivity contribution in [3.63, 3.8) is 0 Å².